The zero-order valence-corrected chi connectivity index (χ0v) is 12.2. The number of rotatable bonds is 0. The molecule has 0 aliphatic rings. The van der Waals surface area contributed by atoms with Crippen molar-refractivity contribution in [2.75, 3.05) is 0 Å². The fourth-order valence-corrected chi connectivity index (χ4v) is 0. The van der Waals surface area contributed by atoms with Crippen LogP contribution in [0.5, 0.6) is 0 Å². The van der Waals surface area contributed by atoms with Crippen molar-refractivity contribution < 1.29 is 103 Å². The van der Waals surface area contributed by atoms with Crippen LogP contribution in [-0.4, -0.2) is 0 Å². The van der Waals surface area contributed by atoms with E-state index in [2.05, 4.69) is 0 Å². The fourth-order valence-electron chi connectivity index (χ4n) is 0. The minimum Gasteiger partial charge on any atom is -0.279 e. The molecule has 0 saturated carbocycles. The van der Waals surface area contributed by atoms with Gasteiger partial charge in [-0.3, -0.25) is 4.57 Å². The standard InChI is InChI=1S/HOP.3Y/c1-2;;;/h2H;;;. The third-order valence-corrected chi connectivity index (χ3v) is 0. The SMILES string of the molecule is O=P.[Y].[Y].[Y]. The molecule has 0 heterocycles. The zero-order chi connectivity index (χ0) is 2.00. The summed E-state index contributed by atoms with van der Waals surface area (Å²) < 4.78 is 8.06. The monoisotopic (exact) mass is 315 g/mol. The van der Waals surface area contributed by atoms with E-state index >= 15 is 0 Å². The van der Waals surface area contributed by atoms with Crippen molar-refractivity contribution in [2.24, 2.45) is 0 Å². The summed E-state index contributed by atoms with van der Waals surface area (Å²) in [6.45, 7) is 0. The van der Waals surface area contributed by atoms with Gasteiger partial charge in [-0.2, -0.15) is 0 Å². The van der Waals surface area contributed by atoms with Crippen LogP contribution in [0.4, 0.5) is 0 Å². The summed E-state index contributed by atoms with van der Waals surface area (Å²) in [6, 6.07) is 0. The Bertz CT molecular complexity index is 6.85. The molecule has 0 fully saturated rings. The molecule has 0 spiro atoms. The third-order valence-electron chi connectivity index (χ3n) is 0. The Morgan fingerprint density at radius 2 is 0.800 bits per heavy atom. The van der Waals surface area contributed by atoms with Gasteiger partial charge < -0.3 is 0 Å². The quantitative estimate of drug-likeness (QED) is 0.594. The Labute approximate surface area is 109 Å². The predicted molar refractivity (Wildman–Crippen MR) is 9.00 cm³/mol. The van der Waals surface area contributed by atoms with Gasteiger partial charge in [0.1, 0.15) is 9.12 Å². The molecule has 0 N–H and O–H groups in total. The maximum absolute atomic E-state index is 8.06. The molecule has 0 saturated heterocycles. The summed E-state index contributed by atoms with van der Waals surface area (Å²) in [6.07, 6.45) is 0. The van der Waals surface area contributed by atoms with Gasteiger partial charge in [0.25, 0.3) is 0 Å². The number of hydrogen-bond acceptors (Lipinski definition) is 1. The molecule has 0 aliphatic carbocycles. The second-order valence-electron chi connectivity index (χ2n) is 0. The summed E-state index contributed by atoms with van der Waals surface area (Å²) in [5.41, 5.74) is 0. The molecule has 1 nitrogen and oxygen atoms in total. The predicted octanol–water partition coefficient (Wildman–Crippen LogP) is 0.467. The van der Waals surface area contributed by atoms with E-state index in [-0.39, 0.29) is 98.1 Å². The molecule has 0 rings (SSSR count). The second-order valence-corrected chi connectivity index (χ2v) is 0. The zero-order valence-electron chi connectivity index (χ0n) is 2.64. The van der Waals surface area contributed by atoms with Gasteiger partial charge in [0.15, 0.2) is 0 Å². The van der Waals surface area contributed by atoms with Crippen LogP contribution >= 0.6 is 9.12 Å². The molecular weight excluding hydrogens is 314 g/mol. The number of hydrogen-bond donors (Lipinski definition) is 0. The maximum atomic E-state index is 8.06. The Morgan fingerprint density at radius 3 is 0.800 bits per heavy atom. The van der Waals surface area contributed by atoms with E-state index in [9.17, 15) is 0 Å². The first-order valence-electron chi connectivity index (χ1n) is 0.204. The molecule has 0 aromatic rings. The van der Waals surface area contributed by atoms with Crippen LogP contribution in [-0.2, 0) is 103 Å². The molecule has 0 amide bonds. The van der Waals surface area contributed by atoms with E-state index in [4.69, 9.17) is 4.57 Å². The van der Waals surface area contributed by atoms with Crippen molar-refractivity contribution in [1.29, 1.82) is 0 Å². The molecule has 0 unspecified atom stereocenters. The topological polar surface area (TPSA) is 17.1 Å². The van der Waals surface area contributed by atoms with Crippen LogP contribution in [0.1, 0.15) is 0 Å². The van der Waals surface area contributed by atoms with Crippen molar-refractivity contribution in [3.63, 3.8) is 0 Å². The fraction of sp³-hybridized carbons (Fsp3) is 0. The van der Waals surface area contributed by atoms with Gasteiger partial charge in [-0.05, 0) is 0 Å². The molecule has 0 atom stereocenters. The molecule has 5 heavy (non-hydrogen) atoms. The summed E-state index contributed by atoms with van der Waals surface area (Å²) in [4.78, 5) is 0. The Balaban J connectivity index is -0.00000000167. The first-order valence-corrected chi connectivity index (χ1v) is 0.612. The smallest absolute Gasteiger partial charge is 0.138 e. The summed E-state index contributed by atoms with van der Waals surface area (Å²) in [5.74, 6) is 0. The van der Waals surface area contributed by atoms with Gasteiger partial charge in [-0.15, -0.1) is 0 Å². The van der Waals surface area contributed by atoms with Gasteiger partial charge in [-0.1, -0.05) is 0 Å². The van der Waals surface area contributed by atoms with E-state index in [1.54, 1.807) is 9.12 Å². The maximum Gasteiger partial charge on any atom is 0.138 e. The van der Waals surface area contributed by atoms with E-state index < -0.39 is 0 Å². The molecule has 21 valence electrons. The first kappa shape index (κ1) is 23.7. The Morgan fingerprint density at radius 1 is 0.800 bits per heavy atom. The normalized spacial score (nSPS) is 0.800. The molecule has 0 aromatic heterocycles. The van der Waals surface area contributed by atoms with E-state index in [0.717, 1.165) is 0 Å². The minimum atomic E-state index is 0. The van der Waals surface area contributed by atoms with Gasteiger partial charge in [0.05, 0.1) is 0 Å². The van der Waals surface area contributed by atoms with Crippen molar-refractivity contribution in [1.82, 2.24) is 0 Å². The summed E-state index contributed by atoms with van der Waals surface area (Å²) >= 11 is 0. The summed E-state index contributed by atoms with van der Waals surface area (Å²) in [7, 11) is 1.72. The minimum absolute atomic E-state index is 0. The average Bonchev–Trinajstić information content (AvgIpc) is 1.00. The van der Waals surface area contributed by atoms with E-state index in [1.165, 1.54) is 0 Å². The molecule has 0 aromatic carbocycles. The Hall–Kier alpha value is 3.41. The molecule has 3 radical (unpaired) electrons. The van der Waals surface area contributed by atoms with Crippen LogP contribution in [0.15, 0.2) is 0 Å². The van der Waals surface area contributed by atoms with Crippen LogP contribution in [0, 0.1) is 0 Å². The molecular formula is HOPY3. The van der Waals surface area contributed by atoms with Crippen molar-refractivity contribution in [3.05, 3.63) is 0 Å². The van der Waals surface area contributed by atoms with Gasteiger partial charge in [0.2, 0.25) is 0 Å². The van der Waals surface area contributed by atoms with Gasteiger partial charge in [-0.25, -0.2) is 0 Å². The third kappa shape index (κ3) is 18.6. The summed E-state index contributed by atoms with van der Waals surface area (Å²) in [5, 5.41) is 0. The van der Waals surface area contributed by atoms with Crippen LogP contribution < -0.4 is 0 Å². The Kier molecular flexibility index (Phi) is 124. The van der Waals surface area contributed by atoms with Gasteiger partial charge >= 0.3 is 0 Å². The van der Waals surface area contributed by atoms with Crippen molar-refractivity contribution in [3.8, 4) is 0 Å². The van der Waals surface area contributed by atoms with Crippen molar-refractivity contribution >= 4 is 9.12 Å². The molecule has 0 bridgehead atoms. The van der Waals surface area contributed by atoms with Crippen LogP contribution in [0.3, 0.4) is 0 Å². The van der Waals surface area contributed by atoms with Crippen molar-refractivity contribution in [2.45, 2.75) is 0 Å². The molecule has 0 aliphatic heterocycles. The van der Waals surface area contributed by atoms with E-state index in [1.807, 2.05) is 0 Å². The first-order chi connectivity index (χ1) is 1.00. The largest absolute Gasteiger partial charge is 0.279 e. The van der Waals surface area contributed by atoms with Gasteiger partial charge in [0, 0.05) is 98.1 Å². The van der Waals surface area contributed by atoms with E-state index in [0.29, 0.717) is 0 Å². The molecule has 5 heteroatoms. The van der Waals surface area contributed by atoms with Crippen LogP contribution in [0.25, 0.3) is 0 Å². The average molecular weight is 315 g/mol. The second kappa shape index (κ2) is 26.2. The van der Waals surface area contributed by atoms with Crippen LogP contribution in [0.2, 0.25) is 0 Å².